The number of amides is 1. The zero-order chi connectivity index (χ0) is 12.7. The molecule has 0 aromatic heterocycles. The molecule has 0 spiro atoms. The Morgan fingerprint density at radius 2 is 2.11 bits per heavy atom. The number of methoxy groups -OCH3 is 1. The third kappa shape index (κ3) is 1.68. The molecule has 4 nitrogen and oxygen atoms in total. The van der Waals surface area contributed by atoms with Crippen molar-refractivity contribution in [3.8, 4) is 5.75 Å². The lowest BCUT2D eigenvalue weighted by Gasteiger charge is -2.27. The number of ether oxygens (including phenoxy) is 2. The Hall–Kier alpha value is -1.55. The number of carbonyl (C=O) groups is 1. The highest BCUT2D eigenvalue weighted by Crippen LogP contribution is 2.35. The average molecular weight is 247 g/mol. The van der Waals surface area contributed by atoms with Crippen LogP contribution in [-0.2, 0) is 16.1 Å². The minimum absolute atomic E-state index is 0.134. The molecule has 0 N–H and O–H groups in total. The van der Waals surface area contributed by atoms with Crippen LogP contribution in [0.15, 0.2) is 24.3 Å². The first-order chi connectivity index (χ1) is 8.70. The highest BCUT2D eigenvalue weighted by molar-refractivity contribution is 5.85. The number of morpholine rings is 1. The summed E-state index contributed by atoms with van der Waals surface area (Å²) in [6, 6.07) is 8.10. The van der Waals surface area contributed by atoms with Gasteiger partial charge in [0.2, 0.25) is 0 Å². The molecule has 2 saturated heterocycles. The topological polar surface area (TPSA) is 38.8 Å². The third-order valence-electron chi connectivity index (χ3n) is 3.97. The maximum absolute atomic E-state index is 12.1. The van der Waals surface area contributed by atoms with Gasteiger partial charge in [-0.15, -0.1) is 0 Å². The van der Waals surface area contributed by atoms with Gasteiger partial charge < -0.3 is 14.4 Å². The van der Waals surface area contributed by atoms with E-state index < -0.39 is 0 Å². The number of hydrogen-bond donors (Lipinski definition) is 0. The van der Waals surface area contributed by atoms with Crippen molar-refractivity contribution in [2.45, 2.75) is 25.6 Å². The molecular formula is C14H17NO3. The summed E-state index contributed by atoms with van der Waals surface area (Å²) in [5, 5.41) is 0. The zero-order valence-electron chi connectivity index (χ0n) is 10.6. The van der Waals surface area contributed by atoms with Crippen molar-refractivity contribution >= 4 is 5.91 Å². The van der Waals surface area contributed by atoms with Crippen LogP contribution in [0.1, 0.15) is 12.5 Å². The number of nitrogens with zero attached hydrogens (tertiary/aromatic N) is 1. The van der Waals surface area contributed by atoms with Gasteiger partial charge in [-0.05, 0) is 17.7 Å². The van der Waals surface area contributed by atoms with Gasteiger partial charge in [-0.2, -0.15) is 0 Å². The average Bonchev–Trinajstić information content (AvgIpc) is 2.86. The fourth-order valence-corrected chi connectivity index (χ4v) is 2.83. The van der Waals surface area contributed by atoms with Gasteiger partial charge >= 0.3 is 0 Å². The van der Waals surface area contributed by atoms with Crippen LogP contribution >= 0.6 is 0 Å². The smallest absolute Gasteiger partial charge is 0.252 e. The summed E-state index contributed by atoms with van der Waals surface area (Å²) in [7, 11) is 1.65. The van der Waals surface area contributed by atoms with Crippen molar-refractivity contribution < 1.29 is 14.3 Å². The molecule has 1 amide bonds. The van der Waals surface area contributed by atoms with Crippen LogP contribution in [0.4, 0.5) is 0 Å². The predicted molar refractivity (Wildman–Crippen MR) is 66.2 cm³/mol. The fraction of sp³-hybridized carbons (Fsp3) is 0.500. The summed E-state index contributed by atoms with van der Waals surface area (Å²) in [6.07, 6.45) is -0.215. The standard InChI is InChI=1S/C14H17NO3/c1-9-12-8-18-13(9)14(16)15(12)7-10-3-5-11(17-2)6-4-10/h3-6,9,12-13H,7-8H2,1-2H3. The Kier molecular flexibility index (Phi) is 2.74. The molecule has 1 aromatic rings. The van der Waals surface area contributed by atoms with Gasteiger partial charge in [0, 0.05) is 12.5 Å². The molecule has 1 aromatic carbocycles. The van der Waals surface area contributed by atoms with Crippen LogP contribution in [0.3, 0.4) is 0 Å². The third-order valence-corrected chi connectivity index (χ3v) is 3.97. The Bertz CT molecular complexity index is 457. The van der Waals surface area contributed by atoms with Crippen molar-refractivity contribution in [1.29, 1.82) is 0 Å². The molecule has 2 aliphatic rings. The van der Waals surface area contributed by atoms with Gasteiger partial charge in [-0.25, -0.2) is 0 Å². The summed E-state index contributed by atoms with van der Waals surface area (Å²) in [6.45, 7) is 3.43. The first kappa shape index (κ1) is 11.5. The molecule has 3 unspecified atom stereocenters. The maximum Gasteiger partial charge on any atom is 0.252 e. The molecule has 4 heteroatoms. The Morgan fingerprint density at radius 3 is 2.67 bits per heavy atom. The monoisotopic (exact) mass is 247 g/mol. The number of hydrogen-bond acceptors (Lipinski definition) is 3. The van der Waals surface area contributed by atoms with Crippen LogP contribution in [0.2, 0.25) is 0 Å². The molecule has 3 atom stereocenters. The van der Waals surface area contributed by atoms with E-state index in [4.69, 9.17) is 9.47 Å². The molecule has 18 heavy (non-hydrogen) atoms. The summed E-state index contributed by atoms with van der Waals surface area (Å²) in [5.41, 5.74) is 1.13. The number of benzene rings is 1. The molecule has 0 saturated carbocycles. The lowest BCUT2D eigenvalue weighted by Crippen LogP contribution is -2.41. The minimum Gasteiger partial charge on any atom is -0.497 e. The van der Waals surface area contributed by atoms with Crippen molar-refractivity contribution in [3.63, 3.8) is 0 Å². The normalized spacial score (nSPS) is 30.0. The second-order valence-corrected chi connectivity index (χ2v) is 4.99. The highest BCUT2D eigenvalue weighted by Gasteiger charge is 2.51. The molecule has 3 rings (SSSR count). The first-order valence-electron chi connectivity index (χ1n) is 6.25. The van der Waals surface area contributed by atoms with Gasteiger partial charge in [-0.1, -0.05) is 19.1 Å². The lowest BCUT2D eigenvalue weighted by molar-refractivity contribution is -0.144. The van der Waals surface area contributed by atoms with E-state index in [1.165, 1.54) is 0 Å². The predicted octanol–water partition coefficient (Wildman–Crippen LogP) is 1.44. The van der Waals surface area contributed by atoms with Gasteiger partial charge in [0.15, 0.2) is 0 Å². The van der Waals surface area contributed by atoms with E-state index in [0.29, 0.717) is 19.1 Å². The summed E-state index contributed by atoms with van der Waals surface area (Å²) in [5.74, 6) is 1.29. The highest BCUT2D eigenvalue weighted by atomic mass is 16.5. The Morgan fingerprint density at radius 1 is 1.39 bits per heavy atom. The van der Waals surface area contributed by atoms with Crippen LogP contribution in [0.5, 0.6) is 5.75 Å². The Labute approximate surface area is 106 Å². The Balaban J connectivity index is 1.75. The van der Waals surface area contributed by atoms with Crippen LogP contribution in [0, 0.1) is 5.92 Å². The fourth-order valence-electron chi connectivity index (χ4n) is 2.83. The number of likely N-dealkylation sites (tertiary alicyclic amines) is 1. The largest absolute Gasteiger partial charge is 0.497 e. The van der Waals surface area contributed by atoms with Crippen molar-refractivity contribution in [1.82, 2.24) is 4.90 Å². The van der Waals surface area contributed by atoms with E-state index in [1.54, 1.807) is 7.11 Å². The second kappa shape index (κ2) is 4.28. The summed E-state index contributed by atoms with van der Waals surface area (Å²) in [4.78, 5) is 14.0. The first-order valence-corrected chi connectivity index (χ1v) is 6.25. The molecule has 2 aliphatic heterocycles. The summed E-state index contributed by atoms with van der Waals surface area (Å²) >= 11 is 0. The van der Waals surface area contributed by atoms with E-state index >= 15 is 0 Å². The van der Waals surface area contributed by atoms with E-state index in [9.17, 15) is 4.79 Å². The van der Waals surface area contributed by atoms with Crippen molar-refractivity contribution in [3.05, 3.63) is 29.8 Å². The minimum atomic E-state index is -0.215. The van der Waals surface area contributed by atoms with Crippen LogP contribution < -0.4 is 4.74 Å². The van der Waals surface area contributed by atoms with E-state index in [-0.39, 0.29) is 18.1 Å². The number of rotatable bonds is 3. The van der Waals surface area contributed by atoms with Crippen molar-refractivity contribution in [2.24, 2.45) is 5.92 Å². The summed E-state index contributed by atoms with van der Waals surface area (Å²) < 4.78 is 10.6. The van der Waals surface area contributed by atoms with Gasteiger partial charge in [0.25, 0.3) is 5.91 Å². The molecule has 2 heterocycles. The van der Waals surface area contributed by atoms with E-state index in [0.717, 1.165) is 11.3 Å². The SMILES string of the molecule is COc1ccc(CN2C(=O)C3OCC2C3C)cc1. The van der Waals surface area contributed by atoms with Crippen molar-refractivity contribution in [2.75, 3.05) is 13.7 Å². The van der Waals surface area contributed by atoms with E-state index in [2.05, 4.69) is 6.92 Å². The molecule has 2 bridgehead atoms. The molecular weight excluding hydrogens is 230 g/mol. The van der Waals surface area contributed by atoms with Crippen LogP contribution in [0.25, 0.3) is 0 Å². The lowest BCUT2D eigenvalue weighted by atomic mass is 10.0. The van der Waals surface area contributed by atoms with Gasteiger partial charge in [0.05, 0.1) is 19.8 Å². The molecule has 2 fully saturated rings. The number of fused-ring (bicyclic) bond motifs is 2. The molecule has 96 valence electrons. The van der Waals surface area contributed by atoms with Gasteiger partial charge in [0.1, 0.15) is 11.9 Å². The molecule has 0 aliphatic carbocycles. The zero-order valence-corrected chi connectivity index (χ0v) is 10.6. The maximum atomic E-state index is 12.1. The molecule has 0 radical (unpaired) electrons. The number of carbonyl (C=O) groups excluding carboxylic acids is 1. The van der Waals surface area contributed by atoms with Gasteiger partial charge in [-0.3, -0.25) is 4.79 Å². The van der Waals surface area contributed by atoms with E-state index in [1.807, 2.05) is 29.2 Å². The quantitative estimate of drug-likeness (QED) is 0.811. The van der Waals surface area contributed by atoms with Crippen LogP contribution in [-0.4, -0.2) is 36.7 Å². The second-order valence-electron chi connectivity index (χ2n) is 4.99.